The van der Waals surface area contributed by atoms with E-state index < -0.39 is 5.66 Å². The van der Waals surface area contributed by atoms with Gasteiger partial charge in [0, 0.05) is 42.2 Å². The molecule has 4 rings (SSSR count). The van der Waals surface area contributed by atoms with Gasteiger partial charge in [-0.2, -0.15) is 0 Å². The fraction of sp³-hybridized carbons (Fsp3) is 0.286. The van der Waals surface area contributed by atoms with E-state index in [0.29, 0.717) is 43.2 Å². The zero-order chi connectivity index (χ0) is 19.6. The number of likely N-dealkylation sites (tertiary alicyclic amines) is 1. The molecular weight excluding hydrogens is 376 g/mol. The molecular formula is C21H21ClN4O2. The lowest BCUT2D eigenvalue weighted by atomic mass is 9.98. The van der Waals surface area contributed by atoms with Crippen molar-refractivity contribution in [3.05, 3.63) is 65.2 Å². The third kappa shape index (κ3) is 4.08. The number of nitrogens with zero attached hydrogens (tertiary/aromatic N) is 2. The van der Waals surface area contributed by atoms with Crippen molar-refractivity contribution in [1.29, 1.82) is 0 Å². The van der Waals surface area contributed by atoms with E-state index in [-0.39, 0.29) is 11.8 Å². The molecule has 28 heavy (non-hydrogen) atoms. The van der Waals surface area contributed by atoms with Crippen LogP contribution < -0.4 is 10.6 Å². The van der Waals surface area contributed by atoms with Crippen molar-refractivity contribution in [2.75, 3.05) is 25.0 Å². The highest BCUT2D eigenvalue weighted by atomic mass is 35.5. The summed E-state index contributed by atoms with van der Waals surface area (Å²) in [6.45, 7) is 1.70. The lowest BCUT2D eigenvalue weighted by Crippen LogP contribution is -2.52. The van der Waals surface area contributed by atoms with Crippen molar-refractivity contribution < 1.29 is 9.59 Å². The van der Waals surface area contributed by atoms with Gasteiger partial charge in [0.15, 0.2) is 0 Å². The van der Waals surface area contributed by atoms with E-state index >= 15 is 0 Å². The van der Waals surface area contributed by atoms with Gasteiger partial charge in [-0.25, -0.2) is 0 Å². The second kappa shape index (κ2) is 7.73. The average molecular weight is 397 g/mol. The number of aliphatic imine (C=N–C) groups is 1. The van der Waals surface area contributed by atoms with Crippen LogP contribution in [0.25, 0.3) is 0 Å². The van der Waals surface area contributed by atoms with Gasteiger partial charge < -0.3 is 10.6 Å². The number of anilines is 1. The normalized spacial score (nSPS) is 18.6. The summed E-state index contributed by atoms with van der Waals surface area (Å²) < 4.78 is 0. The Bertz CT molecular complexity index is 921. The molecule has 0 atom stereocenters. The van der Waals surface area contributed by atoms with E-state index in [2.05, 4.69) is 15.5 Å². The van der Waals surface area contributed by atoms with E-state index in [0.717, 1.165) is 11.3 Å². The Kier molecular flexibility index (Phi) is 5.15. The van der Waals surface area contributed by atoms with Crippen LogP contribution in [-0.2, 0) is 9.59 Å². The number of hydrogen-bond acceptors (Lipinski definition) is 4. The maximum atomic E-state index is 12.5. The molecule has 2 aromatic carbocycles. The van der Waals surface area contributed by atoms with Gasteiger partial charge in [0.1, 0.15) is 11.4 Å². The molecule has 2 amide bonds. The van der Waals surface area contributed by atoms with E-state index in [4.69, 9.17) is 16.6 Å². The van der Waals surface area contributed by atoms with Gasteiger partial charge in [-0.3, -0.25) is 19.5 Å². The van der Waals surface area contributed by atoms with Crippen LogP contribution in [-0.4, -0.2) is 47.7 Å². The maximum Gasteiger partial charge on any atom is 0.272 e. The van der Waals surface area contributed by atoms with Crippen LogP contribution in [0.1, 0.15) is 18.4 Å². The van der Waals surface area contributed by atoms with Gasteiger partial charge in [0.2, 0.25) is 5.91 Å². The summed E-state index contributed by atoms with van der Waals surface area (Å²) >= 11 is 6.04. The zero-order valence-corrected chi connectivity index (χ0v) is 16.1. The Hall–Kier alpha value is -2.70. The fourth-order valence-electron chi connectivity index (χ4n) is 3.64. The van der Waals surface area contributed by atoms with Crippen LogP contribution >= 0.6 is 11.6 Å². The number of carbonyl (C=O) groups excluding carboxylic acids is 2. The third-order valence-electron chi connectivity index (χ3n) is 5.09. The molecule has 1 saturated heterocycles. The molecule has 2 aliphatic heterocycles. The molecule has 1 fully saturated rings. The summed E-state index contributed by atoms with van der Waals surface area (Å²) in [6, 6.07) is 16.6. The number of halogens is 1. The first-order valence-corrected chi connectivity index (χ1v) is 9.66. The van der Waals surface area contributed by atoms with Crippen molar-refractivity contribution in [1.82, 2.24) is 10.2 Å². The molecule has 2 heterocycles. The number of carbonyl (C=O) groups is 2. The van der Waals surface area contributed by atoms with E-state index in [1.165, 1.54) is 0 Å². The topological polar surface area (TPSA) is 73.8 Å². The van der Waals surface area contributed by atoms with Gasteiger partial charge in [0.05, 0.1) is 6.54 Å². The van der Waals surface area contributed by atoms with Crippen molar-refractivity contribution in [3.8, 4) is 0 Å². The number of nitrogens with one attached hydrogen (secondary N) is 2. The van der Waals surface area contributed by atoms with Crippen molar-refractivity contribution in [2.45, 2.75) is 18.5 Å². The fourth-order valence-corrected chi connectivity index (χ4v) is 3.83. The monoisotopic (exact) mass is 396 g/mol. The first-order chi connectivity index (χ1) is 13.5. The predicted octanol–water partition coefficient (Wildman–Crippen LogP) is 2.69. The molecule has 144 valence electrons. The summed E-state index contributed by atoms with van der Waals surface area (Å²) in [5, 5.41) is 6.52. The van der Waals surface area contributed by atoms with Gasteiger partial charge >= 0.3 is 0 Å². The lowest BCUT2D eigenvalue weighted by Gasteiger charge is -2.36. The van der Waals surface area contributed by atoms with Crippen LogP contribution in [0, 0.1) is 0 Å². The molecule has 0 unspecified atom stereocenters. The Labute approximate surface area is 168 Å². The molecule has 0 saturated carbocycles. The molecule has 2 N–H and O–H groups in total. The van der Waals surface area contributed by atoms with Crippen LogP contribution in [0.3, 0.4) is 0 Å². The maximum absolute atomic E-state index is 12.5. The molecule has 1 spiro atoms. The van der Waals surface area contributed by atoms with E-state index in [9.17, 15) is 9.59 Å². The second-order valence-electron chi connectivity index (χ2n) is 7.15. The van der Waals surface area contributed by atoms with Gasteiger partial charge in [-0.05, 0) is 24.3 Å². The quantitative estimate of drug-likeness (QED) is 0.834. The standard InChI is InChI=1S/C21H21ClN4O2/c22-16-6-4-5-15(13-16)19-20(28)25-21(24-19)9-11-26(12-10-21)14-18(27)23-17-7-2-1-3-8-17/h1-8,13H,9-12,14H2,(H,23,27)(H,25,28). The van der Waals surface area contributed by atoms with Crippen LogP contribution in [0.4, 0.5) is 5.69 Å². The largest absolute Gasteiger partial charge is 0.326 e. The summed E-state index contributed by atoms with van der Waals surface area (Å²) in [7, 11) is 0. The molecule has 0 bridgehead atoms. The van der Waals surface area contributed by atoms with Crippen molar-refractivity contribution >= 4 is 34.8 Å². The zero-order valence-electron chi connectivity index (χ0n) is 15.3. The number of amides is 2. The SMILES string of the molecule is O=C(CN1CCC2(CC1)N=C(c1cccc(Cl)c1)C(=O)N2)Nc1ccccc1. The Morgan fingerprint density at radius 3 is 2.61 bits per heavy atom. The van der Waals surface area contributed by atoms with Gasteiger partial charge in [0.25, 0.3) is 5.91 Å². The highest BCUT2D eigenvalue weighted by Gasteiger charge is 2.42. The minimum atomic E-state index is -0.582. The van der Waals surface area contributed by atoms with Crippen LogP contribution in [0.5, 0.6) is 0 Å². The summed E-state index contributed by atoms with van der Waals surface area (Å²) in [6.07, 6.45) is 1.34. The molecule has 0 aliphatic carbocycles. The van der Waals surface area contributed by atoms with E-state index in [1.807, 2.05) is 42.5 Å². The molecule has 0 radical (unpaired) electrons. The van der Waals surface area contributed by atoms with Crippen LogP contribution in [0.2, 0.25) is 5.02 Å². The summed E-state index contributed by atoms with van der Waals surface area (Å²) in [4.78, 5) is 31.5. The molecule has 6 nitrogen and oxygen atoms in total. The minimum absolute atomic E-state index is 0.0410. The molecule has 2 aliphatic rings. The predicted molar refractivity (Wildman–Crippen MR) is 110 cm³/mol. The third-order valence-corrected chi connectivity index (χ3v) is 5.33. The average Bonchev–Trinajstić information content (AvgIpc) is 3.01. The minimum Gasteiger partial charge on any atom is -0.326 e. The highest BCUT2D eigenvalue weighted by Crippen LogP contribution is 2.29. The van der Waals surface area contributed by atoms with Gasteiger partial charge in [-0.15, -0.1) is 0 Å². The van der Waals surface area contributed by atoms with Crippen molar-refractivity contribution in [3.63, 3.8) is 0 Å². The molecule has 7 heteroatoms. The number of hydrogen-bond donors (Lipinski definition) is 2. The summed E-state index contributed by atoms with van der Waals surface area (Å²) in [5.41, 5.74) is 1.37. The Morgan fingerprint density at radius 2 is 1.89 bits per heavy atom. The Balaban J connectivity index is 1.37. The highest BCUT2D eigenvalue weighted by molar-refractivity contribution is 6.47. The lowest BCUT2D eigenvalue weighted by molar-refractivity contribution is -0.119. The van der Waals surface area contributed by atoms with E-state index in [1.54, 1.807) is 12.1 Å². The molecule has 2 aromatic rings. The van der Waals surface area contributed by atoms with Crippen LogP contribution in [0.15, 0.2) is 59.6 Å². The number of benzene rings is 2. The van der Waals surface area contributed by atoms with Gasteiger partial charge in [-0.1, -0.05) is 41.9 Å². The number of para-hydroxylation sites is 1. The first kappa shape index (κ1) is 18.7. The Morgan fingerprint density at radius 1 is 1.14 bits per heavy atom. The van der Waals surface area contributed by atoms with Crippen molar-refractivity contribution in [2.24, 2.45) is 4.99 Å². The molecule has 0 aromatic heterocycles. The first-order valence-electron chi connectivity index (χ1n) is 9.29. The number of piperidine rings is 1. The number of rotatable bonds is 4. The second-order valence-corrected chi connectivity index (χ2v) is 7.58. The summed E-state index contributed by atoms with van der Waals surface area (Å²) in [5.74, 6) is -0.210. The smallest absolute Gasteiger partial charge is 0.272 e.